The van der Waals surface area contributed by atoms with Crippen molar-refractivity contribution < 1.29 is 22.4 Å². The van der Waals surface area contributed by atoms with Crippen molar-refractivity contribution in [2.75, 3.05) is 23.3 Å². The molecule has 2 aromatic carbocycles. The van der Waals surface area contributed by atoms with Gasteiger partial charge in [-0.05, 0) is 67.4 Å². The summed E-state index contributed by atoms with van der Waals surface area (Å²) >= 11 is 0. The van der Waals surface area contributed by atoms with Gasteiger partial charge in [0.05, 0.1) is 17.2 Å². The van der Waals surface area contributed by atoms with E-state index in [1.165, 1.54) is 24.3 Å². The van der Waals surface area contributed by atoms with Crippen molar-refractivity contribution >= 4 is 17.4 Å². The zero-order valence-corrected chi connectivity index (χ0v) is 16.9. The second-order valence-electron chi connectivity index (χ2n) is 7.64. The molecule has 0 spiro atoms. The van der Waals surface area contributed by atoms with Gasteiger partial charge in [-0.3, -0.25) is 4.79 Å². The van der Waals surface area contributed by atoms with E-state index in [2.05, 4.69) is 15.5 Å². The largest absolute Gasteiger partial charge is 0.416 e. The van der Waals surface area contributed by atoms with Crippen LogP contribution in [0.5, 0.6) is 0 Å². The van der Waals surface area contributed by atoms with Crippen LogP contribution in [0.1, 0.15) is 18.4 Å². The van der Waals surface area contributed by atoms with Crippen molar-refractivity contribution in [3.63, 3.8) is 0 Å². The highest BCUT2D eigenvalue weighted by molar-refractivity contribution is 5.93. The molecule has 1 aliphatic rings. The van der Waals surface area contributed by atoms with Crippen LogP contribution in [0.2, 0.25) is 0 Å². The Morgan fingerprint density at radius 1 is 1.03 bits per heavy atom. The number of nitrogens with one attached hydrogen (secondary N) is 1. The highest BCUT2D eigenvalue weighted by Gasteiger charge is 2.31. The average Bonchev–Trinajstić information content (AvgIpc) is 2.79. The van der Waals surface area contributed by atoms with Crippen LogP contribution < -0.4 is 10.2 Å². The van der Waals surface area contributed by atoms with Crippen molar-refractivity contribution in [1.82, 2.24) is 10.2 Å². The maximum atomic E-state index is 13.1. The Labute approximate surface area is 182 Å². The summed E-state index contributed by atoms with van der Waals surface area (Å²) in [6.07, 6.45) is -3.11. The summed E-state index contributed by atoms with van der Waals surface area (Å²) in [7, 11) is 0. The highest BCUT2D eigenvalue weighted by Crippen LogP contribution is 2.31. The standard InChI is InChI=1S/C23H20F4N4O/c24-18-8-6-15(7-9-18)20-10-11-21(30-29-20)31-12-2-3-16(14-31)22(32)28-19-5-1-4-17(13-19)23(25,26)27/h1,4-11,13,16H,2-3,12,14H2,(H,28,32). The molecular weight excluding hydrogens is 424 g/mol. The van der Waals surface area contributed by atoms with Gasteiger partial charge in [-0.2, -0.15) is 13.2 Å². The number of hydrogen-bond donors (Lipinski definition) is 1. The molecule has 1 aromatic heterocycles. The molecule has 1 atom stereocenters. The van der Waals surface area contributed by atoms with Crippen molar-refractivity contribution in [2.24, 2.45) is 5.92 Å². The molecule has 1 saturated heterocycles. The summed E-state index contributed by atoms with van der Waals surface area (Å²) in [5, 5.41) is 11.0. The minimum absolute atomic E-state index is 0.116. The fourth-order valence-corrected chi connectivity index (χ4v) is 3.69. The second-order valence-corrected chi connectivity index (χ2v) is 7.64. The molecule has 2 heterocycles. The fraction of sp³-hybridized carbons (Fsp3) is 0.261. The van der Waals surface area contributed by atoms with Gasteiger partial charge in [0.15, 0.2) is 5.82 Å². The van der Waals surface area contributed by atoms with E-state index in [9.17, 15) is 22.4 Å². The van der Waals surface area contributed by atoms with Gasteiger partial charge in [0.25, 0.3) is 0 Å². The van der Waals surface area contributed by atoms with Gasteiger partial charge in [-0.15, -0.1) is 10.2 Å². The van der Waals surface area contributed by atoms with Crippen LogP contribution in [0.15, 0.2) is 60.7 Å². The first-order valence-electron chi connectivity index (χ1n) is 10.1. The van der Waals surface area contributed by atoms with Crippen molar-refractivity contribution in [3.8, 4) is 11.3 Å². The Bertz CT molecular complexity index is 1080. The van der Waals surface area contributed by atoms with Gasteiger partial charge in [0.1, 0.15) is 5.82 Å². The van der Waals surface area contributed by atoms with Gasteiger partial charge in [-0.25, -0.2) is 4.39 Å². The molecule has 0 saturated carbocycles. The van der Waals surface area contributed by atoms with Gasteiger partial charge < -0.3 is 10.2 Å². The summed E-state index contributed by atoms with van der Waals surface area (Å²) in [6, 6.07) is 14.1. The number of amides is 1. The topological polar surface area (TPSA) is 58.1 Å². The number of nitrogens with zero attached hydrogens (tertiary/aromatic N) is 3. The zero-order valence-electron chi connectivity index (χ0n) is 16.9. The maximum Gasteiger partial charge on any atom is 0.416 e. The van der Waals surface area contributed by atoms with Crippen molar-refractivity contribution in [2.45, 2.75) is 19.0 Å². The number of benzene rings is 2. The third kappa shape index (κ3) is 5.04. The van der Waals surface area contributed by atoms with Crippen LogP contribution in [-0.2, 0) is 11.0 Å². The number of halogens is 4. The molecule has 5 nitrogen and oxygen atoms in total. The zero-order chi connectivity index (χ0) is 22.7. The molecule has 0 bridgehead atoms. The van der Waals surface area contributed by atoms with Gasteiger partial charge in [-0.1, -0.05) is 6.07 Å². The third-order valence-corrected chi connectivity index (χ3v) is 5.36. The highest BCUT2D eigenvalue weighted by atomic mass is 19.4. The molecule has 3 aromatic rings. The first kappa shape index (κ1) is 21.7. The summed E-state index contributed by atoms with van der Waals surface area (Å²) in [4.78, 5) is 14.6. The Morgan fingerprint density at radius 3 is 2.50 bits per heavy atom. The maximum absolute atomic E-state index is 13.1. The molecule has 1 unspecified atom stereocenters. The van der Waals surface area contributed by atoms with Crippen molar-refractivity contribution in [1.29, 1.82) is 0 Å². The summed E-state index contributed by atoms with van der Waals surface area (Å²) < 4.78 is 51.8. The Hall–Kier alpha value is -3.49. The molecule has 1 amide bonds. The first-order valence-corrected chi connectivity index (χ1v) is 10.1. The lowest BCUT2D eigenvalue weighted by Crippen LogP contribution is -2.41. The van der Waals surface area contributed by atoms with Crippen LogP contribution in [0, 0.1) is 11.7 Å². The summed E-state index contributed by atoms with van der Waals surface area (Å²) in [6.45, 7) is 1.08. The monoisotopic (exact) mass is 444 g/mol. The molecule has 32 heavy (non-hydrogen) atoms. The third-order valence-electron chi connectivity index (χ3n) is 5.36. The molecule has 166 valence electrons. The minimum Gasteiger partial charge on any atom is -0.354 e. The van der Waals surface area contributed by atoms with Crippen molar-refractivity contribution in [3.05, 3.63) is 72.0 Å². The number of carbonyl (C=O) groups excluding carboxylic acids is 1. The van der Waals surface area contributed by atoms with E-state index in [1.807, 2.05) is 4.90 Å². The Morgan fingerprint density at radius 2 is 1.81 bits per heavy atom. The van der Waals surface area contributed by atoms with Crippen LogP contribution in [-0.4, -0.2) is 29.2 Å². The van der Waals surface area contributed by atoms with E-state index in [-0.39, 0.29) is 17.4 Å². The fourth-order valence-electron chi connectivity index (χ4n) is 3.69. The molecule has 4 rings (SSSR count). The molecule has 1 aliphatic heterocycles. The Balaban J connectivity index is 1.42. The number of anilines is 2. The quantitative estimate of drug-likeness (QED) is 0.565. The van der Waals surface area contributed by atoms with Crippen LogP contribution in [0.4, 0.5) is 29.1 Å². The van der Waals surface area contributed by atoms with E-state index >= 15 is 0 Å². The lowest BCUT2D eigenvalue weighted by molar-refractivity contribution is -0.137. The first-order chi connectivity index (χ1) is 15.3. The lowest BCUT2D eigenvalue weighted by Gasteiger charge is -2.32. The van der Waals surface area contributed by atoms with Gasteiger partial charge >= 0.3 is 6.18 Å². The number of alkyl halides is 3. The average molecular weight is 444 g/mol. The molecule has 0 radical (unpaired) electrons. The number of hydrogen-bond acceptors (Lipinski definition) is 4. The molecule has 9 heteroatoms. The lowest BCUT2D eigenvalue weighted by atomic mass is 9.97. The van der Waals surface area contributed by atoms with Crippen LogP contribution >= 0.6 is 0 Å². The van der Waals surface area contributed by atoms with E-state index in [1.54, 1.807) is 24.3 Å². The predicted octanol–water partition coefficient (Wildman–Crippen LogP) is 5.16. The normalized spacial score (nSPS) is 16.6. The second kappa shape index (κ2) is 8.94. The van der Waals surface area contributed by atoms with E-state index in [0.29, 0.717) is 31.0 Å². The van der Waals surface area contributed by atoms with Crippen LogP contribution in [0.25, 0.3) is 11.3 Å². The summed E-state index contributed by atoms with van der Waals surface area (Å²) in [5.41, 5.74) is 0.648. The minimum atomic E-state index is -4.47. The number of carbonyl (C=O) groups is 1. The molecule has 1 N–H and O–H groups in total. The number of rotatable bonds is 4. The predicted molar refractivity (Wildman–Crippen MR) is 112 cm³/mol. The van der Waals surface area contributed by atoms with E-state index in [4.69, 9.17) is 0 Å². The SMILES string of the molecule is O=C(Nc1cccc(C(F)(F)F)c1)C1CCCN(c2ccc(-c3ccc(F)cc3)nn2)C1. The van der Waals surface area contributed by atoms with E-state index in [0.717, 1.165) is 24.1 Å². The molecule has 1 fully saturated rings. The van der Waals surface area contributed by atoms with Gasteiger partial charge in [0, 0.05) is 24.3 Å². The van der Waals surface area contributed by atoms with Gasteiger partial charge in [0.2, 0.25) is 5.91 Å². The van der Waals surface area contributed by atoms with Crippen LogP contribution in [0.3, 0.4) is 0 Å². The van der Waals surface area contributed by atoms with E-state index < -0.39 is 17.7 Å². The summed E-state index contributed by atoms with van der Waals surface area (Å²) in [5.74, 6) is -0.449. The smallest absolute Gasteiger partial charge is 0.354 e. The number of piperidine rings is 1. The Kier molecular flexibility index (Phi) is 6.07. The molecule has 0 aliphatic carbocycles. The molecular formula is C23H20F4N4O. The number of aromatic nitrogens is 2.